The van der Waals surface area contributed by atoms with Gasteiger partial charge in [-0.3, -0.25) is 9.59 Å². The summed E-state index contributed by atoms with van der Waals surface area (Å²) in [6.45, 7) is 1.42. The van der Waals surface area contributed by atoms with Crippen LogP contribution in [0.2, 0.25) is 0 Å². The predicted molar refractivity (Wildman–Crippen MR) is 128 cm³/mol. The van der Waals surface area contributed by atoms with Crippen LogP contribution < -0.4 is 10.2 Å². The molecule has 0 aliphatic heterocycles. The van der Waals surface area contributed by atoms with Crippen LogP contribution in [0, 0.1) is 0 Å². The van der Waals surface area contributed by atoms with Crippen LogP contribution in [-0.2, 0) is 27.3 Å². The molecule has 164 valence electrons. The van der Waals surface area contributed by atoms with Crippen molar-refractivity contribution in [1.82, 2.24) is 5.32 Å². The molecular weight excluding hydrogens is 400 g/mol. The van der Waals surface area contributed by atoms with Crippen LogP contribution in [-0.4, -0.2) is 32.1 Å². The van der Waals surface area contributed by atoms with Gasteiger partial charge in [0.25, 0.3) is 5.91 Å². The minimum Gasteiger partial charge on any atom is -0.383 e. The summed E-state index contributed by atoms with van der Waals surface area (Å²) in [7, 11) is 1.60. The predicted octanol–water partition coefficient (Wildman–Crippen LogP) is 4.24. The van der Waals surface area contributed by atoms with E-state index >= 15 is 0 Å². The van der Waals surface area contributed by atoms with Crippen molar-refractivity contribution in [2.45, 2.75) is 13.0 Å². The first-order chi connectivity index (χ1) is 15.7. The molecule has 5 heteroatoms. The fourth-order valence-corrected chi connectivity index (χ4v) is 3.22. The lowest BCUT2D eigenvalue weighted by molar-refractivity contribution is -0.120. The molecule has 32 heavy (non-hydrogen) atoms. The van der Waals surface area contributed by atoms with E-state index in [2.05, 4.69) is 5.32 Å². The molecule has 0 saturated heterocycles. The Morgan fingerprint density at radius 2 is 1.53 bits per heavy atom. The Morgan fingerprint density at radius 1 is 0.875 bits per heavy atom. The molecule has 0 bridgehead atoms. The Kier molecular flexibility index (Phi) is 8.78. The molecule has 0 aliphatic carbocycles. The van der Waals surface area contributed by atoms with E-state index in [-0.39, 0.29) is 18.2 Å². The van der Waals surface area contributed by atoms with Gasteiger partial charge in [-0.2, -0.15) is 0 Å². The Morgan fingerprint density at radius 3 is 2.19 bits per heavy atom. The van der Waals surface area contributed by atoms with Gasteiger partial charge in [0.2, 0.25) is 5.91 Å². The number of methoxy groups -OCH3 is 1. The summed E-state index contributed by atoms with van der Waals surface area (Å²) in [6.07, 6.45) is 3.69. The number of anilines is 1. The number of rotatable bonds is 10. The van der Waals surface area contributed by atoms with Crippen molar-refractivity contribution in [1.29, 1.82) is 0 Å². The zero-order chi connectivity index (χ0) is 22.6. The molecule has 2 amide bonds. The van der Waals surface area contributed by atoms with Crippen LogP contribution in [0.15, 0.2) is 91.0 Å². The maximum atomic E-state index is 13.1. The zero-order valence-electron chi connectivity index (χ0n) is 18.2. The van der Waals surface area contributed by atoms with E-state index < -0.39 is 0 Å². The molecule has 0 spiro atoms. The first-order valence-electron chi connectivity index (χ1n) is 10.6. The minimum atomic E-state index is -0.109. The monoisotopic (exact) mass is 428 g/mol. The van der Waals surface area contributed by atoms with E-state index in [4.69, 9.17) is 4.74 Å². The summed E-state index contributed by atoms with van der Waals surface area (Å²) in [4.78, 5) is 26.9. The number of nitrogens with zero attached hydrogens (tertiary/aromatic N) is 1. The number of ether oxygens (including phenoxy) is 1. The Hall–Kier alpha value is -3.70. The fraction of sp³-hybridized carbons (Fsp3) is 0.185. The minimum absolute atomic E-state index is 0.0576. The van der Waals surface area contributed by atoms with Crippen molar-refractivity contribution in [2.24, 2.45) is 0 Å². The number of amides is 2. The van der Waals surface area contributed by atoms with Gasteiger partial charge < -0.3 is 15.0 Å². The highest BCUT2D eigenvalue weighted by molar-refractivity contribution is 6.03. The van der Waals surface area contributed by atoms with Crippen LogP contribution in [0.4, 0.5) is 5.69 Å². The highest BCUT2D eigenvalue weighted by Crippen LogP contribution is 2.20. The lowest BCUT2D eigenvalue weighted by Crippen LogP contribution is -2.29. The van der Waals surface area contributed by atoms with Gasteiger partial charge in [0.05, 0.1) is 19.6 Å². The molecule has 0 aliphatic rings. The molecule has 0 saturated carbocycles. The maximum absolute atomic E-state index is 13.1. The number of hydrogen-bond acceptors (Lipinski definition) is 3. The Bertz CT molecular complexity index is 1020. The highest BCUT2D eigenvalue weighted by atomic mass is 16.5. The van der Waals surface area contributed by atoms with Crippen LogP contribution in [0.5, 0.6) is 0 Å². The molecule has 0 atom stereocenters. The Balaban J connectivity index is 1.74. The number of hydrogen-bond donors (Lipinski definition) is 1. The second-order valence-electron chi connectivity index (χ2n) is 7.34. The van der Waals surface area contributed by atoms with Gasteiger partial charge in [-0.05, 0) is 34.9 Å². The van der Waals surface area contributed by atoms with Crippen molar-refractivity contribution < 1.29 is 14.3 Å². The van der Waals surface area contributed by atoms with Crippen molar-refractivity contribution in [3.8, 4) is 0 Å². The number of nitrogens with one attached hydrogen (secondary N) is 1. The van der Waals surface area contributed by atoms with E-state index in [1.807, 2.05) is 91.0 Å². The lowest BCUT2D eigenvalue weighted by Gasteiger charge is -2.22. The van der Waals surface area contributed by atoms with E-state index in [1.54, 1.807) is 18.1 Å². The van der Waals surface area contributed by atoms with E-state index in [1.165, 1.54) is 0 Å². The van der Waals surface area contributed by atoms with Crippen LogP contribution in [0.25, 0.3) is 6.08 Å². The summed E-state index contributed by atoms with van der Waals surface area (Å²) in [6, 6.07) is 27.2. The first kappa shape index (κ1) is 23.0. The van der Waals surface area contributed by atoms with Crippen molar-refractivity contribution in [3.05, 3.63) is 108 Å². The van der Waals surface area contributed by atoms with Gasteiger partial charge in [0.1, 0.15) is 0 Å². The normalized spacial score (nSPS) is 10.8. The van der Waals surface area contributed by atoms with Crippen LogP contribution in [0.3, 0.4) is 0 Å². The summed E-state index contributed by atoms with van der Waals surface area (Å²) >= 11 is 0. The largest absolute Gasteiger partial charge is 0.383 e. The lowest BCUT2D eigenvalue weighted by atomic mass is 10.1. The molecule has 0 radical (unpaired) electrons. The molecule has 1 N–H and O–H groups in total. The van der Waals surface area contributed by atoms with Gasteiger partial charge in [0.15, 0.2) is 0 Å². The van der Waals surface area contributed by atoms with Crippen LogP contribution >= 0.6 is 0 Å². The summed E-state index contributed by atoms with van der Waals surface area (Å²) < 4.78 is 4.95. The van der Waals surface area contributed by atoms with Gasteiger partial charge in [0, 0.05) is 25.4 Å². The van der Waals surface area contributed by atoms with E-state index in [0.29, 0.717) is 19.7 Å². The molecule has 0 unspecified atom stereocenters. The second kappa shape index (κ2) is 12.2. The standard InChI is InChI=1S/C27H28N2O3/c1-32-19-18-28-26(30)20-23-12-15-25(16-13-23)29(21-24-10-6-3-7-11-24)27(31)17-14-22-8-4-2-5-9-22/h2-17H,18-21H2,1H3,(H,28,30)/b17-14+. The molecular formula is C27H28N2O3. The second-order valence-corrected chi connectivity index (χ2v) is 7.34. The fourth-order valence-electron chi connectivity index (χ4n) is 3.22. The SMILES string of the molecule is COCCNC(=O)Cc1ccc(N(Cc2ccccc2)C(=O)/C=C/c2ccccc2)cc1. The first-order valence-corrected chi connectivity index (χ1v) is 10.6. The van der Waals surface area contributed by atoms with Crippen molar-refractivity contribution in [3.63, 3.8) is 0 Å². The van der Waals surface area contributed by atoms with Gasteiger partial charge in [-0.1, -0.05) is 72.8 Å². The molecule has 3 rings (SSSR count). The molecule has 0 fully saturated rings. The van der Waals surface area contributed by atoms with E-state index in [9.17, 15) is 9.59 Å². The third-order valence-corrected chi connectivity index (χ3v) is 4.91. The molecule has 5 nitrogen and oxygen atoms in total. The zero-order valence-corrected chi connectivity index (χ0v) is 18.2. The third-order valence-electron chi connectivity index (χ3n) is 4.91. The quantitative estimate of drug-likeness (QED) is 0.388. The molecule has 3 aromatic rings. The van der Waals surface area contributed by atoms with Gasteiger partial charge >= 0.3 is 0 Å². The number of carbonyl (C=O) groups excluding carboxylic acids is 2. The topological polar surface area (TPSA) is 58.6 Å². The summed E-state index contributed by atoms with van der Waals surface area (Å²) in [5, 5.41) is 2.82. The maximum Gasteiger partial charge on any atom is 0.251 e. The van der Waals surface area contributed by atoms with E-state index in [0.717, 1.165) is 22.4 Å². The average molecular weight is 429 g/mol. The van der Waals surface area contributed by atoms with Gasteiger partial charge in [-0.25, -0.2) is 0 Å². The average Bonchev–Trinajstić information content (AvgIpc) is 2.83. The smallest absolute Gasteiger partial charge is 0.251 e. The molecule has 0 heterocycles. The molecule has 3 aromatic carbocycles. The summed E-state index contributed by atoms with van der Waals surface area (Å²) in [5.41, 5.74) is 3.67. The number of carbonyl (C=O) groups is 2. The van der Waals surface area contributed by atoms with Crippen LogP contribution in [0.1, 0.15) is 16.7 Å². The number of benzene rings is 3. The highest BCUT2D eigenvalue weighted by Gasteiger charge is 2.14. The van der Waals surface area contributed by atoms with Crippen molar-refractivity contribution >= 4 is 23.6 Å². The van der Waals surface area contributed by atoms with Gasteiger partial charge in [-0.15, -0.1) is 0 Å². The Labute approximate surface area is 189 Å². The summed E-state index contributed by atoms with van der Waals surface area (Å²) in [5.74, 6) is -0.166. The molecule has 0 aromatic heterocycles. The van der Waals surface area contributed by atoms with Crippen molar-refractivity contribution in [2.75, 3.05) is 25.2 Å². The third kappa shape index (κ3) is 7.22.